The number of hydrogen-bond acceptors (Lipinski definition) is 4. The maximum absolute atomic E-state index is 13.5. The zero-order valence-electron chi connectivity index (χ0n) is 16.4. The molecule has 0 saturated carbocycles. The topological polar surface area (TPSA) is 49.9 Å². The summed E-state index contributed by atoms with van der Waals surface area (Å²) in [5, 5.41) is 1.97. The van der Waals surface area contributed by atoms with Crippen molar-refractivity contribution in [3.63, 3.8) is 0 Å². The van der Waals surface area contributed by atoms with Gasteiger partial charge in [0, 0.05) is 48.6 Å². The van der Waals surface area contributed by atoms with Gasteiger partial charge in [0.25, 0.3) is 5.91 Å². The van der Waals surface area contributed by atoms with E-state index < -0.39 is 0 Å². The molecule has 3 saturated heterocycles. The molecule has 5 nitrogen and oxygen atoms in total. The standard InChI is InChI=1S/C22H26N2O3S/c1-15-20(16-6-4-3-5-7-16)19(14-28-15)22(26)23-12-17-8-9-18(13-23)24(21(17)25)10-11-27-2/h3-7,14,17-18H,8-13H2,1-2H3/t17-,18+/m1/s1. The lowest BCUT2D eigenvalue weighted by molar-refractivity contribution is -0.140. The number of hydrogen-bond donors (Lipinski definition) is 0. The third kappa shape index (κ3) is 3.47. The number of amides is 2. The van der Waals surface area contributed by atoms with Crippen LogP contribution in [0.3, 0.4) is 0 Å². The first-order valence-corrected chi connectivity index (χ1v) is 10.7. The van der Waals surface area contributed by atoms with Gasteiger partial charge >= 0.3 is 0 Å². The molecule has 0 N–H and O–H groups in total. The summed E-state index contributed by atoms with van der Waals surface area (Å²) in [5.41, 5.74) is 2.85. The fourth-order valence-electron chi connectivity index (χ4n) is 4.44. The predicted molar refractivity (Wildman–Crippen MR) is 110 cm³/mol. The number of carbonyl (C=O) groups excluding carboxylic acids is 2. The van der Waals surface area contributed by atoms with Crippen LogP contribution in [0.4, 0.5) is 0 Å². The Hall–Kier alpha value is -2.18. The quantitative estimate of drug-likeness (QED) is 0.775. The van der Waals surface area contributed by atoms with Crippen LogP contribution >= 0.6 is 11.3 Å². The zero-order chi connectivity index (χ0) is 19.7. The van der Waals surface area contributed by atoms with Gasteiger partial charge < -0.3 is 14.5 Å². The van der Waals surface area contributed by atoms with E-state index in [2.05, 4.69) is 6.92 Å². The van der Waals surface area contributed by atoms with E-state index in [9.17, 15) is 9.59 Å². The van der Waals surface area contributed by atoms with E-state index in [0.29, 0.717) is 26.2 Å². The molecule has 3 aliphatic rings. The molecular formula is C22H26N2O3S. The molecule has 28 heavy (non-hydrogen) atoms. The maximum atomic E-state index is 13.5. The number of thiophene rings is 1. The smallest absolute Gasteiger partial charge is 0.255 e. The molecule has 2 bridgehead atoms. The average Bonchev–Trinajstić information content (AvgIpc) is 2.89. The molecule has 1 aromatic carbocycles. The first-order chi connectivity index (χ1) is 13.6. The van der Waals surface area contributed by atoms with E-state index in [-0.39, 0.29) is 23.8 Å². The first-order valence-electron chi connectivity index (χ1n) is 9.82. The molecule has 2 amide bonds. The fraction of sp³-hybridized carbons (Fsp3) is 0.455. The van der Waals surface area contributed by atoms with Crippen molar-refractivity contribution in [1.82, 2.24) is 9.80 Å². The SMILES string of the molecule is COCCN1C(=O)[C@@H]2CC[C@H]1CN(C(=O)c1csc(C)c1-c1ccccc1)C2. The van der Waals surface area contributed by atoms with Gasteiger partial charge in [-0.3, -0.25) is 9.59 Å². The Labute approximate surface area is 169 Å². The minimum absolute atomic E-state index is 0.0431. The van der Waals surface area contributed by atoms with Crippen LogP contribution in [0, 0.1) is 12.8 Å². The lowest BCUT2D eigenvalue weighted by atomic mass is 9.94. The lowest BCUT2D eigenvalue weighted by Crippen LogP contribution is -2.49. The van der Waals surface area contributed by atoms with Gasteiger partial charge in [-0.25, -0.2) is 0 Å². The Balaban J connectivity index is 1.61. The van der Waals surface area contributed by atoms with Gasteiger partial charge in [0.1, 0.15) is 0 Å². The van der Waals surface area contributed by atoms with Crippen LogP contribution in [0.1, 0.15) is 28.1 Å². The Bertz CT molecular complexity index is 864. The van der Waals surface area contributed by atoms with Gasteiger partial charge in [-0.15, -0.1) is 11.3 Å². The summed E-state index contributed by atoms with van der Waals surface area (Å²) in [7, 11) is 1.65. The predicted octanol–water partition coefficient (Wildman–Crippen LogP) is 3.43. The molecule has 3 fully saturated rings. The van der Waals surface area contributed by atoms with E-state index in [1.165, 1.54) is 0 Å². The molecule has 3 aliphatic heterocycles. The highest BCUT2D eigenvalue weighted by Gasteiger charge is 2.42. The zero-order valence-corrected chi connectivity index (χ0v) is 17.2. The second-order valence-corrected chi connectivity index (χ2v) is 8.69. The summed E-state index contributed by atoms with van der Waals surface area (Å²) in [6.07, 6.45) is 1.82. The summed E-state index contributed by atoms with van der Waals surface area (Å²) >= 11 is 1.61. The van der Waals surface area contributed by atoms with Crippen LogP contribution in [-0.2, 0) is 9.53 Å². The molecule has 2 aromatic rings. The molecule has 0 unspecified atom stereocenters. The second kappa shape index (κ2) is 8.05. The molecule has 148 valence electrons. The third-order valence-corrected chi connectivity index (χ3v) is 6.80. The van der Waals surface area contributed by atoms with E-state index in [1.807, 2.05) is 45.5 Å². The van der Waals surface area contributed by atoms with Gasteiger partial charge in [0.05, 0.1) is 18.1 Å². The van der Waals surface area contributed by atoms with Crippen molar-refractivity contribution in [1.29, 1.82) is 0 Å². The van der Waals surface area contributed by atoms with Gasteiger partial charge in [0.15, 0.2) is 0 Å². The van der Waals surface area contributed by atoms with Crippen molar-refractivity contribution in [2.24, 2.45) is 5.92 Å². The average molecular weight is 399 g/mol. The van der Waals surface area contributed by atoms with Crippen LogP contribution in [0.5, 0.6) is 0 Å². The number of piperidine rings is 1. The number of aryl methyl sites for hydroxylation is 1. The number of nitrogens with zero attached hydrogens (tertiary/aromatic N) is 2. The number of rotatable bonds is 5. The van der Waals surface area contributed by atoms with Crippen molar-refractivity contribution in [3.05, 3.63) is 46.2 Å². The van der Waals surface area contributed by atoms with Crippen LogP contribution < -0.4 is 0 Å². The fourth-order valence-corrected chi connectivity index (χ4v) is 5.29. The number of ether oxygens (including phenoxy) is 1. The summed E-state index contributed by atoms with van der Waals surface area (Å²) in [5.74, 6) is 0.120. The van der Waals surface area contributed by atoms with Crippen molar-refractivity contribution in [2.75, 3.05) is 33.4 Å². The molecular weight excluding hydrogens is 372 g/mol. The second-order valence-electron chi connectivity index (χ2n) is 7.61. The number of methoxy groups -OCH3 is 1. The minimum atomic E-state index is -0.0977. The van der Waals surface area contributed by atoms with Crippen LogP contribution in [-0.4, -0.2) is 61.0 Å². The highest BCUT2D eigenvalue weighted by atomic mass is 32.1. The lowest BCUT2D eigenvalue weighted by Gasteiger charge is -2.35. The van der Waals surface area contributed by atoms with Crippen LogP contribution in [0.25, 0.3) is 11.1 Å². The Morgan fingerprint density at radius 2 is 2.00 bits per heavy atom. The van der Waals surface area contributed by atoms with Crippen molar-refractivity contribution < 1.29 is 14.3 Å². The largest absolute Gasteiger partial charge is 0.383 e. The number of benzene rings is 1. The van der Waals surface area contributed by atoms with Crippen LogP contribution in [0.15, 0.2) is 35.7 Å². The van der Waals surface area contributed by atoms with E-state index in [4.69, 9.17) is 4.74 Å². The highest BCUT2D eigenvalue weighted by Crippen LogP contribution is 2.35. The summed E-state index contributed by atoms with van der Waals surface area (Å²) in [6, 6.07) is 10.2. The Morgan fingerprint density at radius 1 is 1.21 bits per heavy atom. The summed E-state index contributed by atoms with van der Waals surface area (Å²) in [4.78, 5) is 31.3. The van der Waals surface area contributed by atoms with Gasteiger partial charge in [0.2, 0.25) is 5.91 Å². The molecule has 1 aromatic heterocycles. The summed E-state index contributed by atoms with van der Waals surface area (Å²) in [6.45, 7) is 4.32. The monoisotopic (exact) mass is 398 g/mol. The number of carbonyl (C=O) groups is 2. The van der Waals surface area contributed by atoms with Gasteiger partial charge in [-0.05, 0) is 25.3 Å². The molecule has 5 rings (SSSR count). The maximum Gasteiger partial charge on any atom is 0.255 e. The molecule has 4 heterocycles. The summed E-state index contributed by atoms with van der Waals surface area (Å²) < 4.78 is 5.18. The van der Waals surface area contributed by atoms with Gasteiger partial charge in [-0.2, -0.15) is 0 Å². The van der Waals surface area contributed by atoms with Crippen LogP contribution in [0.2, 0.25) is 0 Å². The van der Waals surface area contributed by atoms with Crippen molar-refractivity contribution in [2.45, 2.75) is 25.8 Å². The molecule has 0 spiro atoms. The third-order valence-electron chi connectivity index (χ3n) is 5.88. The molecule has 2 atom stereocenters. The Morgan fingerprint density at radius 3 is 2.75 bits per heavy atom. The van der Waals surface area contributed by atoms with Crippen molar-refractivity contribution >= 4 is 23.2 Å². The van der Waals surface area contributed by atoms with E-state index >= 15 is 0 Å². The molecule has 6 heteroatoms. The minimum Gasteiger partial charge on any atom is -0.383 e. The highest BCUT2D eigenvalue weighted by molar-refractivity contribution is 7.10. The molecule has 0 aliphatic carbocycles. The first kappa shape index (κ1) is 19.2. The Kier molecular flexibility index (Phi) is 5.51. The van der Waals surface area contributed by atoms with Gasteiger partial charge in [-0.1, -0.05) is 30.3 Å². The van der Waals surface area contributed by atoms with E-state index in [1.54, 1.807) is 18.4 Å². The molecule has 0 radical (unpaired) electrons. The number of fused-ring (bicyclic) bond motifs is 4. The van der Waals surface area contributed by atoms with Crippen molar-refractivity contribution in [3.8, 4) is 11.1 Å². The van der Waals surface area contributed by atoms with E-state index in [0.717, 1.165) is 34.4 Å². The normalized spacial score (nSPS) is 21.9.